The molecule has 2 fully saturated rings. The average molecular weight is 601 g/mol. The Bertz CT molecular complexity index is 1050. The third kappa shape index (κ3) is 9.92. The van der Waals surface area contributed by atoms with Gasteiger partial charge in [-0.15, -0.1) is 0 Å². The normalized spacial score (nSPS) is 22.0. The maximum absolute atomic E-state index is 13.3. The third-order valence-corrected chi connectivity index (χ3v) is 9.96. The molecule has 0 aromatic rings. The van der Waals surface area contributed by atoms with Gasteiger partial charge in [0.15, 0.2) is 0 Å². The van der Waals surface area contributed by atoms with Crippen LogP contribution in [-0.4, -0.2) is 104 Å². The van der Waals surface area contributed by atoms with Crippen LogP contribution in [0.2, 0.25) is 0 Å². The summed E-state index contributed by atoms with van der Waals surface area (Å²) in [5.41, 5.74) is -0.734. The van der Waals surface area contributed by atoms with Gasteiger partial charge >= 0.3 is 6.03 Å². The lowest BCUT2D eigenvalue weighted by Gasteiger charge is -2.38. The second-order valence-electron chi connectivity index (χ2n) is 13.4. The maximum Gasteiger partial charge on any atom is 0.315 e. The molecule has 41 heavy (non-hydrogen) atoms. The fraction of sp³-hybridized carbons (Fsp3) is 0.857. The summed E-state index contributed by atoms with van der Waals surface area (Å²) in [5, 5.41) is 11.2. The molecule has 2 aliphatic heterocycles. The number of likely N-dealkylation sites (tertiary alicyclic amines) is 1. The minimum atomic E-state index is -3.31. The monoisotopic (exact) mass is 600 g/mol. The van der Waals surface area contributed by atoms with Gasteiger partial charge in [-0.1, -0.05) is 54.9 Å². The number of carbonyl (C=O) groups excluding carboxylic acids is 4. The number of hydrogen-bond donors (Lipinski definition) is 4. The summed E-state index contributed by atoms with van der Waals surface area (Å²) in [6.07, 6.45) is 2.98. The predicted molar refractivity (Wildman–Crippen MR) is 159 cm³/mol. The van der Waals surface area contributed by atoms with Crippen molar-refractivity contribution in [3.63, 3.8) is 0 Å². The number of amides is 4. The molecule has 2 heterocycles. The Labute approximate surface area is 246 Å². The van der Waals surface area contributed by atoms with Gasteiger partial charge in [0.05, 0.1) is 17.8 Å². The van der Waals surface area contributed by atoms with Gasteiger partial charge in [-0.05, 0) is 43.1 Å². The van der Waals surface area contributed by atoms with Gasteiger partial charge in [0.2, 0.25) is 21.7 Å². The van der Waals surface area contributed by atoms with Crippen molar-refractivity contribution in [1.82, 2.24) is 30.5 Å². The molecule has 4 amide bonds. The second-order valence-corrected chi connectivity index (χ2v) is 15.5. The lowest BCUT2D eigenvalue weighted by atomic mass is 9.85. The van der Waals surface area contributed by atoms with Crippen molar-refractivity contribution in [3.05, 3.63) is 0 Å². The first kappa shape index (κ1) is 34.9. The molecule has 2 aliphatic rings. The molecular weight excluding hydrogens is 548 g/mol. The highest BCUT2D eigenvalue weighted by Crippen LogP contribution is 2.26. The topological polar surface area (TPSA) is 157 Å². The van der Waals surface area contributed by atoms with Gasteiger partial charge < -0.3 is 21.3 Å². The summed E-state index contributed by atoms with van der Waals surface area (Å²) in [6, 6.07) is -2.49. The molecule has 4 N–H and O–H groups in total. The minimum absolute atomic E-state index is 0.131. The molecule has 13 heteroatoms. The first-order valence-corrected chi connectivity index (χ1v) is 16.4. The summed E-state index contributed by atoms with van der Waals surface area (Å²) in [4.78, 5) is 53.0. The standard InChI is InChI=1S/C28H52N6O6S/c1-9-12-19(23(35)25(37)29-8)30-24(36)20-13-10-14-33(20)17-21(27(2,3)4)31-26(38)32-22(28(5,6)7)18-34-15-11-16-41(34,39)40/h19-22H,9-18H2,1-8H3,(H,29,37)(H,30,36)(H2,31,32,38)/t19?,20-,21+,22+/m0/s1. The van der Waals surface area contributed by atoms with E-state index in [0.29, 0.717) is 45.3 Å². The van der Waals surface area contributed by atoms with Crippen LogP contribution in [0.15, 0.2) is 0 Å². The van der Waals surface area contributed by atoms with Gasteiger partial charge in [0.1, 0.15) is 0 Å². The molecule has 0 aromatic heterocycles. The lowest BCUT2D eigenvalue weighted by Crippen LogP contribution is -2.59. The molecule has 0 aliphatic carbocycles. The van der Waals surface area contributed by atoms with Gasteiger partial charge in [-0.25, -0.2) is 13.2 Å². The van der Waals surface area contributed by atoms with Crippen LogP contribution in [0.25, 0.3) is 0 Å². The van der Waals surface area contributed by atoms with Crippen LogP contribution in [0.5, 0.6) is 0 Å². The van der Waals surface area contributed by atoms with Crippen molar-refractivity contribution in [1.29, 1.82) is 0 Å². The number of carbonyl (C=O) groups is 4. The Morgan fingerprint density at radius 1 is 0.878 bits per heavy atom. The molecule has 1 unspecified atom stereocenters. The zero-order valence-corrected chi connectivity index (χ0v) is 26.9. The smallest absolute Gasteiger partial charge is 0.315 e. The number of nitrogens with zero attached hydrogens (tertiary/aromatic N) is 2. The van der Waals surface area contributed by atoms with Gasteiger partial charge in [-0.3, -0.25) is 19.3 Å². The Hall–Kier alpha value is -2.25. The predicted octanol–water partition coefficient (Wildman–Crippen LogP) is 1.21. The Morgan fingerprint density at radius 3 is 1.95 bits per heavy atom. The van der Waals surface area contributed by atoms with Crippen LogP contribution in [0, 0.1) is 10.8 Å². The Kier molecular flexibility index (Phi) is 12.2. The van der Waals surface area contributed by atoms with Gasteiger partial charge in [-0.2, -0.15) is 4.31 Å². The Balaban J connectivity index is 2.12. The van der Waals surface area contributed by atoms with Crippen molar-refractivity contribution in [2.24, 2.45) is 10.8 Å². The molecule has 0 saturated carbocycles. The van der Waals surface area contributed by atoms with E-state index in [1.807, 2.05) is 53.4 Å². The third-order valence-electron chi connectivity index (χ3n) is 8.04. The van der Waals surface area contributed by atoms with Crippen LogP contribution in [0.1, 0.15) is 80.6 Å². The Morgan fingerprint density at radius 2 is 1.46 bits per heavy atom. The molecule has 0 spiro atoms. The van der Waals surface area contributed by atoms with E-state index < -0.39 is 39.8 Å². The second kappa shape index (κ2) is 14.3. The first-order valence-electron chi connectivity index (χ1n) is 14.8. The van der Waals surface area contributed by atoms with E-state index in [4.69, 9.17) is 0 Å². The summed E-state index contributed by atoms with van der Waals surface area (Å²) in [7, 11) is -1.92. The summed E-state index contributed by atoms with van der Waals surface area (Å²) < 4.78 is 26.3. The number of nitrogens with one attached hydrogen (secondary N) is 4. The molecule has 0 bridgehead atoms. The van der Waals surface area contributed by atoms with E-state index in [1.165, 1.54) is 11.4 Å². The highest BCUT2D eigenvalue weighted by atomic mass is 32.2. The number of urea groups is 1. The first-order chi connectivity index (χ1) is 18.9. The number of rotatable bonds is 12. The zero-order chi connectivity index (χ0) is 31.2. The molecule has 0 radical (unpaired) electrons. The highest BCUT2D eigenvalue weighted by Gasteiger charge is 2.39. The number of likely N-dealkylation sites (N-methyl/N-ethyl adjacent to an activating group) is 1. The quantitative estimate of drug-likeness (QED) is 0.245. The van der Waals surface area contributed by atoms with E-state index in [9.17, 15) is 27.6 Å². The number of ketones is 1. The molecular formula is C28H52N6O6S. The molecule has 12 nitrogen and oxygen atoms in total. The van der Waals surface area contributed by atoms with Gasteiger partial charge in [0, 0.05) is 38.8 Å². The highest BCUT2D eigenvalue weighted by molar-refractivity contribution is 7.89. The van der Waals surface area contributed by atoms with E-state index in [0.717, 1.165) is 6.42 Å². The number of hydrogen-bond acceptors (Lipinski definition) is 7. The van der Waals surface area contributed by atoms with Crippen LogP contribution >= 0.6 is 0 Å². The fourth-order valence-electron chi connectivity index (χ4n) is 5.21. The SMILES string of the molecule is CCCC(NC(=O)[C@@H]1CCCN1C[C@@H](NC(=O)N[C@H](CN1CCCS1(=O)=O)C(C)(C)C)C(C)(C)C)C(=O)C(=O)NC. The van der Waals surface area contributed by atoms with Crippen LogP contribution in [0.4, 0.5) is 4.79 Å². The minimum Gasteiger partial charge on any atom is -0.353 e. The van der Waals surface area contributed by atoms with Crippen molar-refractivity contribution in [2.45, 2.75) is 105 Å². The van der Waals surface area contributed by atoms with Crippen molar-refractivity contribution in [3.8, 4) is 0 Å². The molecule has 4 atom stereocenters. The van der Waals surface area contributed by atoms with E-state index >= 15 is 0 Å². The summed E-state index contributed by atoms with van der Waals surface area (Å²) in [6.45, 7) is 15.6. The van der Waals surface area contributed by atoms with E-state index in [2.05, 4.69) is 21.3 Å². The van der Waals surface area contributed by atoms with Crippen LogP contribution < -0.4 is 21.3 Å². The molecule has 2 rings (SSSR count). The van der Waals surface area contributed by atoms with E-state index in [-0.39, 0.29) is 41.1 Å². The van der Waals surface area contributed by atoms with Crippen LogP contribution in [-0.2, 0) is 24.4 Å². The fourth-order valence-corrected chi connectivity index (χ4v) is 6.75. The number of sulfonamides is 1. The van der Waals surface area contributed by atoms with Crippen molar-refractivity contribution in [2.75, 3.05) is 39.0 Å². The lowest BCUT2D eigenvalue weighted by molar-refractivity contribution is -0.140. The largest absolute Gasteiger partial charge is 0.353 e. The number of Topliss-reactive ketones (excluding diaryl/α,β-unsaturated/α-hetero) is 1. The van der Waals surface area contributed by atoms with Crippen LogP contribution in [0.3, 0.4) is 0 Å². The van der Waals surface area contributed by atoms with Crippen molar-refractivity contribution < 1.29 is 27.6 Å². The summed E-state index contributed by atoms with van der Waals surface area (Å²) in [5.74, 6) is -1.56. The maximum atomic E-state index is 13.3. The molecule has 236 valence electrons. The van der Waals surface area contributed by atoms with E-state index in [1.54, 1.807) is 0 Å². The summed E-state index contributed by atoms with van der Waals surface area (Å²) >= 11 is 0. The molecule has 2 saturated heterocycles. The van der Waals surface area contributed by atoms with Gasteiger partial charge in [0.25, 0.3) is 5.91 Å². The average Bonchev–Trinajstić information content (AvgIpc) is 3.46. The zero-order valence-electron chi connectivity index (χ0n) is 26.1. The van der Waals surface area contributed by atoms with Crippen molar-refractivity contribution >= 4 is 33.7 Å². The molecule has 0 aromatic carbocycles.